The number of esters is 1. The molecule has 0 unspecified atom stereocenters. The fraction of sp³-hybridized carbons (Fsp3) is 0.534. The zero-order chi connectivity index (χ0) is 75.8. The van der Waals surface area contributed by atoms with Crippen LogP contribution in [-0.2, 0) is 86.5 Å². The van der Waals surface area contributed by atoms with E-state index < -0.39 is 101 Å². The van der Waals surface area contributed by atoms with Gasteiger partial charge in [0.1, 0.15) is 61.1 Å². The van der Waals surface area contributed by atoms with Crippen LogP contribution < -0.4 is 57.7 Å². The first kappa shape index (κ1) is 81.6. The standard InChI is InChI=1S/C73H99ClN12O18/c1-43(2)36-55-69(95)103-56(13-10-14-60(89)81-54(38-48-17-22-57(99-9)52(74)37-48)66(92)78-42-73(7,8)70(96)83-55)45(5)64-65(104-64)49-18-15-47(16-19-49)40-84-29-31-85(32-30-84)72(98)102-41-50-20-21-51(39-58(50)101-35-34-100-33-27-76-59(88)25-28-86-61(90)23-24-62(86)91)80-67(93)53(12-11-26-77-71(75)97)82-68(94)63(44(3)4)79-46(6)87/h10,14-24,37,39,43-45,53-56,63-65H,11-13,25-36,38,40-42H2,1-9H3,(H,76,88)(H,78,92)(H,79,87)(H,80,93)(H,81,89)(H,82,94)(H,83,96)(H3,75,77,97)/b14-10+/t45-,53-,54+,55-,56-,63-,64+,65+/m0/s1. The van der Waals surface area contributed by atoms with Crippen molar-refractivity contribution in [1.29, 1.82) is 0 Å². The lowest BCUT2D eigenvalue weighted by Crippen LogP contribution is -2.54. The van der Waals surface area contributed by atoms with E-state index in [-0.39, 0.29) is 138 Å². The van der Waals surface area contributed by atoms with Gasteiger partial charge in [-0.15, -0.1) is 0 Å². The number of nitrogens with two attached hydrogens (primary N) is 1. The van der Waals surface area contributed by atoms with Crippen molar-refractivity contribution in [3.8, 4) is 11.5 Å². The number of hydrogen-bond acceptors (Lipinski definition) is 19. The quantitative estimate of drug-likeness (QED) is 0.0184. The Kier molecular flexibility index (Phi) is 30.8. The smallest absolute Gasteiger partial charge is 0.410 e. The number of imide groups is 1. The summed E-state index contributed by atoms with van der Waals surface area (Å²) in [6.45, 7) is 16.2. The van der Waals surface area contributed by atoms with Crippen molar-refractivity contribution in [2.24, 2.45) is 28.9 Å². The summed E-state index contributed by atoms with van der Waals surface area (Å²) in [5.41, 5.74) is 7.34. The van der Waals surface area contributed by atoms with E-state index in [0.717, 1.165) is 28.2 Å². The van der Waals surface area contributed by atoms with Crippen molar-refractivity contribution in [2.75, 3.05) is 84.6 Å². The second-order valence-corrected chi connectivity index (χ2v) is 27.9. The number of primary amides is 1. The highest BCUT2D eigenvalue weighted by molar-refractivity contribution is 6.32. The number of epoxide rings is 1. The largest absolute Gasteiger partial charge is 0.495 e. The number of carbonyl (C=O) groups excluding carboxylic acids is 12. The monoisotopic (exact) mass is 1470 g/mol. The Morgan fingerprint density at radius 1 is 0.788 bits per heavy atom. The normalized spacial score (nSPS) is 20.6. The fourth-order valence-corrected chi connectivity index (χ4v) is 12.1. The lowest BCUT2D eigenvalue weighted by Gasteiger charge is -2.34. The number of amides is 12. The number of carbonyl (C=O) groups is 12. The summed E-state index contributed by atoms with van der Waals surface area (Å²) in [7, 11) is 1.49. The molecule has 0 spiro atoms. The van der Waals surface area contributed by atoms with E-state index in [9.17, 15) is 57.5 Å². The molecule has 0 aromatic heterocycles. The van der Waals surface area contributed by atoms with Gasteiger partial charge in [0.05, 0.1) is 36.9 Å². The predicted octanol–water partition coefficient (Wildman–Crippen LogP) is 4.01. The number of nitrogens with one attached hydrogen (secondary N) is 8. The average Bonchev–Trinajstić information content (AvgIpc) is 1.62. The van der Waals surface area contributed by atoms with Gasteiger partial charge in [-0.3, -0.25) is 53.0 Å². The van der Waals surface area contributed by atoms with Gasteiger partial charge in [0.15, 0.2) is 0 Å². The molecule has 30 nitrogen and oxygen atoms in total. The summed E-state index contributed by atoms with van der Waals surface area (Å²) in [6.07, 6.45) is 3.85. The molecule has 3 aromatic carbocycles. The number of piperazine rings is 1. The Morgan fingerprint density at radius 2 is 1.50 bits per heavy atom. The van der Waals surface area contributed by atoms with Crippen LogP contribution in [0.15, 0.2) is 85.0 Å². The van der Waals surface area contributed by atoms with Gasteiger partial charge in [0, 0.05) is 120 Å². The number of benzene rings is 3. The van der Waals surface area contributed by atoms with Crippen LogP contribution in [0, 0.1) is 23.2 Å². The lowest BCUT2D eigenvalue weighted by molar-refractivity contribution is -0.157. The number of cyclic esters (lactones) is 1. The van der Waals surface area contributed by atoms with E-state index >= 15 is 0 Å². The number of urea groups is 1. The third-order valence-electron chi connectivity index (χ3n) is 17.9. The molecule has 0 radical (unpaired) electrons. The van der Waals surface area contributed by atoms with E-state index in [1.54, 1.807) is 69.0 Å². The van der Waals surface area contributed by atoms with Gasteiger partial charge in [-0.25, -0.2) is 14.4 Å². The molecule has 104 heavy (non-hydrogen) atoms. The van der Waals surface area contributed by atoms with Crippen LogP contribution in [0.5, 0.6) is 11.5 Å². The first-order valence-corrected chi connectivity index (χ1v) is 35.4. The van der Waals surface area contributed by atoms with Gasteiger partial charge in [-0.2, -0.15) is 0 Å². The lowest BCUT2D eigenvalue weighted by atomic mass is 9.90. The Hall–Kier alpha value is -9.65. The molecule has 10 N–H and O–H groups in total. The maximum Gasteiger partial charge on any atom is 0.410 e. The van der Waals surface area contributed by atoms with Crippen LogP contribution in [0.1, 0.15) is 116 Å². The minimum absolute atomic E-state index is 0.00779. The van der Waals surface area contributed by atoms with Crippen molar-refractivity contribution in [2.45, 2.75) is 150 Å². The minimum Gasteiger partial charge on any atom is -0.495 e. The Labute approximate surface area is 610 Å². The van der Waals surface area contributed by atoms with Gasteiger partial charge in [-0.1, -0.05) is 82.6 Å². The third kappa shape index (κ3) is 25.4. The van der Waals surface area contributed by atoms with Gasteiger partial charge >= 0.3 is 18.1 Å². The molecule has 3 aromatic rings. The number of rotatable bonds is 32. The molecule has 31 heteroatoms. The molecule has 2 saturated heterocycles. The molecule has 2 fully saturated rings. The van der Waals surface area contributed by atoms with Crippen molar-refractivity contribution in [3.63, 3.8) is 0 Å². The van der Waals surface area contributed by atoms with Crippen molar-refractivity contribution in [1.82, 2.24) is 51.9 Å². The zero-order valence-corrected chi connectivity index (χ0v) is 61.2. The van der Waals surface area contributed by atoms with E-state index in [2.05, 4.69) is 47.4 Å². The molecular weight excluding hydrogens is 1370 g/mol. The number of methoxy groups -OCH3 is 1. The molecule has 4 aliphatic heterocycles. The first-order valence-electron chi connectivity index (χ1n) is 35.0. The summed E-state index contributed by atoms with van der Waals surface area (Å²) >= 11 is 6.42. The summed E-state index contributed by atoms with van der Waals surface area (Å²) in [5, 5.41) is 22.2. The van der Waals surface area contributed by atoms with Crippen LogP contribution in [0.25, 0.3) is 0 Å². The number of hydrogen-bond donors (Lipinski definition) is 9. The number of anilines is 1. The molecule has 7 rings (SSSR count). The highest BCUT2D eigenvalue weighted by atomic mass is 35.5. The first-order chi connectivity index (χ1) is 49.5. The van der Waals surface area contributed by atoms with Crippen LogP contribution >= 0.6 is 11.6 Å². The summed E-state index contributed by atoms with van der Waals surface area (Å²) in [6, 6.07) is 12.9. The molecule has 0 bridgehead atoms. The fourth-order valence-electron chi connectivity index (χ4n) is 11.8. The zero-order valence-electron chi connectivity index (χ0n) is 60.4. The molecule has 4 heterocycles. The van der Waals surface area contributed by atoms with Crippen LogP contribution in [-0.4, -0.2) is 202 Å². The maximum absolute atomic E-state index is 14.2. The van der Waals surface area contributed by atoms with Gasteiger partial charge in [-0.05, 0) is 92.0 Å². The second-order valence-electron chi connectivity index (χ2n) is 27.5. The number of ether oxygens (including phenoxy) is 6. The molecule has 566 valence electrons. The molecular formula is C73H99ClN12O18. The minimum atomic E-state index is -1.18. The highest BCUT2D eigenvalue weighted by Gasteiger charge is 2.48. The van der Waals surface area contributed by atoms with Crippen LogP contribution in [0.2, 0.25) is 5.02 Å². The number of halogens is 1. The highest BCUT2D eigenvalue weighted by Crippen LogP contribution is 2.45. The van der Waals surface area contributed by atoms with Crippen molar-refractivity contribution < 1.29 is 86.0 Å². The molecule has 8 atom stereocenters. The average molecular weight is 1470 g/mol. The Morgan fingerprint density at radius 3 is 2.16 bits per heavy atom. The third-order valence-corrected chi connectivity index (χ3v) is 18.2. The van der Waals surface area contributed by atoms with Crippen LogP contribution in [0.4, 0.5) is 15.3 Å². The molecule has 4 aliphatic rings. The Balaban J connectivity index is 0.948. The molecule has 12 amide bonds. The van der Waals surface area contributed by atoms with Crippen molar-refractivity contribution >= 4 is 88.5 Å². The summed E-state index contributed by atoms with van der Waals surface area (Å²) in [4.78, 5) is 161. The maximum atomic E-state index is 14.2. The molecule has 0 saturated carbocycles. The van der Waals surface area contributed by atoms with E-state index in [4.69, 9.17) is 45.8 Å². The number of nitrogens with zero attached hydrogens (tertiary/aromatic N) is 3. The van der Waals surface area contributed by atoms with Gasteiger partial charge in [0.25, 0.3) is 11.8 Å². The van der Waals surface area contributed by atoms with E-state index in [1.165, 1.54) is 26.2 Å². The predicted molar refractivity (Wildman–Crippen MR) is 382 cm³/mol. The summed E-state index contributed by atoms with van der Waals surface area (Å²) in [5.74, 6) is -5.24. The molecule has 0 aliphatic carbocycles. The van der Waals surface area contributed by atoms with Gasteiger partial charge in [0.2, 0.25) is 41.4 Å². The second kappa shape index (κ2) is 39.3. The van der Waals surface area contributed by atoms with Crippen molar-refractivity contribution in [3.05, 3.63) is 112 Å². The summed E-state index contributed by atoms with van der Waals surface area (Å²) < 4.78 is 35.6. The van der Waals surface area contributed by atoms with Gasteiger partial charge < -0.3 is 81.6 Å². The Bertz CT molecular complexity index is 3600. The van der Waals surface area contributed by atoms with E-state index in [1.807, 2.05) is 45.0 Å². The SMILES string of the molecule is COc1ccc(C[C@H]2NC(=O)/C=C/C[C@@H]([C@H](C)[C@H]3O[C@@H]3c3ccc(CN4CCN(C(=O)OCc5ccc(NC(=O)[C@H](CCCNC(N)=O)NC(=O)[C@@H](NC(C)=O)C(C)C)cc5OCCOCCNC(=O)CCN5C(=O)C=CC5=O)CC4)cc3)OC(=O)[C@H](CC(C)C)NC(=O)C(C)(C)CNC2=O)cc1Cl. The van der Waals surface area contributed by atoms with Crippen LogP contribution in [0.3, 0.4) is 0 Å². The topological polar surface area (TPSA) is 395 Å². The van der Waals surface area contributed by atoms with E-state index in [0.29, 0.717) is 54.6 Å².